The third-order valence-electron chi connectivity index (χ3n) is 2.81. The smallest absolute Gasteiger partial charge is 0.406 e. The van der Waals surface area contributed by atoms with Gasteiger partial charge in [-0.1, -0.05) is 0 Å². The van der Waals surface area contributed by atoms with Crippen LogP contribution in [-0.4, -0.2) is 35.0 Å². The predicted octanol–water partition coefficient (Wildman–Crippen LogP) is 2.01. The summed E-state index contributed by atoms with van der Waals surface area (Å²) in [4.78, 5) is 18.7. The minimum atomic E-state index is -4.77. The number of anilines is 3. The normalized spacial score (nSPS) is 10.8. The molecule has 0 aliphatic heterocycles. The number of nitrogens with zero attached hydrogens (tertiary/aromatic N) is 2. The van der Waals surface area contributed by atoms with Crippen molar-refractivity contribution in [1.29, 1.82) is 5.41 Å². The van der Waals surface area contributed by atoms with Gasteiger partial charge < -0.3 is 26.5 Å². The average molecular weight is 354 g/mol. The van der Waals surface area contributed by atoms with Crippen LogP contribution in [0.15, 0.2) is 30.6 Å². The number of nitrogens with two attached hydrogens (primary N) is 1. The largest absolute Gasteiger partial charge is 0.573 e. The Labute approximate surface area is 139 Å². The number of amides is 1. The molecule has 1 aromatic heterocycles. The molecule has 25 heavy (non-hydrogen) atoms. The number of nitrogens with one attached hydrogen (secondary N) is 3. The van der Waals surface area contributed by atoms with Crippen molar-refractivity contribution in [2.45, 2.75) is 6.36 Å². The van der Waals surface area contributed by atoms with E-state index in [2.05, 4.69) is 25.3 Å². The number of ether oxygens (including phenoxy) is 1. The molecule has 8 nitrogen and oxygen atoms in total. The fourth-order valence-corrected chi connectivity index (χ4v) is 1.82. The molecule has 1 aromatic carbocycles. The third-order valence-corrected chi connectivity index (χ3v) is 2.81. The van der Waals surface area contributed by atoms with Gasteiger partial charge in [-0.3, -0.25) is 4.79 Å². The highest BCUT2D eigenvalue weighted by molar-refractivity contribution is 5.92. The van der Waals surface area contributed by atoms with Crippen molar-refractivity contribution in [2.24, 2.45) is 5.73 Å². The van der Waals surface area contributed by atoms with Gasteiger partial charge in [-0.2, -0.15) is 0 Å². The number of alkyl halides is 3. The quantitative estimate of drug-likeness (QED) is 0.564. The van der Waals surface area contributed by atoms with Crippen molar-refractivity contribution in [1.82, 2.24) is 9.97 Å². The maximum Gasteiger partial charge on any atom is 0.573 e. The molecule has 0 bridgehead atoms. The number of rotatable bonds is 7. The Kier molecular flexibility index (Phi) is 5.37. The van der Waals surface area contributed by atoms with Gasteiger partial charge in [0, 0.05) is 11.9 Å². The minimum Gasteiger partial charge on any atom is -0.406 e. The van der Waals surface area contributed by atoms with E-state index in [-0.39, 0.29) is 29.5 Å². The highest BCUT2D eigenvalue weighted by atomic mass is 19.4. The highest BCUT2D eigenvalue weighted by Gasteiger charge is 2.30. The Morgan fingerprint density at radius 2 is 1.88 bits per heavy atom. The molecule has 0 aliphatic carbocycles. The molecule has 1 heterocycles. The second kappa shape index (κ2) is 7.47. The van der Waals surface area contributed by atoms with E-state index in [0.29, 0.717) is 5.69 Å². The van der Waals surface area contributed by atoms with Gasteiger partial charge in [0.1, 0.15) is 23.7 Å². The van der Waals surface area contributed by atoms with Gasteiger partial charge in [-0.25, -0.2) is 9.97 Å². The first-order chi connectivity index (χ1) is 11.8. The summed E-state index contributed by atoms with van der Waals surface area (Å²) >= 11 is 0. The molecular formula is C14H13F3N6O2. The second-order valence-corrected chi connectivity index (χ2v) is 4.65. The van der Waals surface area contributed by atoms with Crippen LogP contribution in [0.2, 0.25) is 0 Å². The molecule has 0 saturated carbocycles. The number of carbonyl (C=O) groups excluding carboxylic acids is 1. The molecule has 1 amide bonds. The maximum absolute atomic E-state index is 12.1. The standard InChI is InChI=1S/C14H13F3N6O2/c15-14(16,17)25-9-3-1-8(2-4-9)23-13-10(5-18)12(21-7-22-13)20-6-11(19)24/h1-5,7,18H,6H2,(H2,19,24)(H2,20,21,22,23). The number of halogens is 3. The molecule has 0 aliphatic rings. The van der Waals surface area contributed by atoms with Crippen LogP contribution in [0.1, 0.15) is 5.56 Å². The summed E-state index contributed by atoms with van der Waals surface area (Å²) in [5.41, 5.74) is 5.71. The van der Waals surface area contributed by atoms with E-state index in [9.17, 15) is 18.0 Å². The Morgan fingerprint density at radius 1 is 1.24 bits per heavy atom. The van der Waals surface area contributed by atoms with E-state index in [1.165, 1.54) is 18.5 Å². The van der Waals surface area contributed by atoms with Gasteiger partial charge in [0.15, 0.2) is 0 Å². The SMILES string of the molecule is N=Cc1c(NCC(N)=O)ncnc1Nc1ccc(OC(F)(F)F)cc1. The zero-order chi connectivity index (χ0) is 18.4. The van der Waals surface area contributed by atoms with Crippen LogP contribution in [0.4, 0.5) is 30.5 Å². The molecule has 11 heteroatoms. The number of hydrogen-bond donors (Lipinski definition) is 4. The molecule has 0 spiro atoms. The van der Waals surface area contributed by atoms with Gasteiger partial charge in [-0.05, 0) is 24.3 Å². The molecule has 0 fully saturated rings. The molecule has 132 valence electrons. The van der Waals surface area contributed by atoms with Crippen LogP contribution in [-0.2, 0) is 4.79 Å². The summed E-state index contributed by atoms with van der Waals surface area (Å²) in [5, 5.41) is 13.0. The van der Waals surface area contributed by atoms with Crippen molar-refractivity contribution >= 4 is 29.4 Å². The molecule has 5 N–H and O–H groups in total. The Bertz CT molecular complexity index is 764. The van der Waals surface area contributed by atoms with Crippen molar-refractivity contribution < 1.29 is 22.7 Å². The first-order valence-electron chi connectivity index (χ1n) is 6.79. The van der Waals surface area contributed by atoms with Gasteiger partial charge in [0.2, 0.25) is 5.91 Å². The molecular weight excluding hydrogens is 341 g/mol. The molecule has 0 unspecified atom stereocenters. The molecule has 0 atom stereocenters. The number of aromatic nitrogens is 2. The van der Waals surface area contributed by atoms with Crippen molar-refractivity contribution in [3.05, 3.63) is 36.2 Å². The van der Waals surface area contributed by atoms with Crippen LogP contribution in [0, 0.1) is 5.41 Å². The zero-order valence-corrected chi connectivity index (χ0v) is 12.6. The van der Waals surface area contributed by atoms with E-state index in [1.54, 1.807) is 0 Å². The molecule has 0 radical (unpaired) electrons. The van der Waals surface area contributed by atoms with Crippen LogP contribution in [0.5, 0.6) is 5.75 Å². The lowest BCUT2D eigenvalue weighted by molar-refractivity contribution is -0.274. The van der Waals surface area contributed by atoms with Gasteiger partial charge in [0.05, 0.1) is 12.1 Å². The van der Waals surface area contributed by atoms with Crippen molar-refractivity contribution in [2.75, 3.05) is 17.2 Å². The van der Waals surface area contributed by atoms with E-state index >= 15 is 0 Å². The zero-order valence-electron chi connectivity index (χ0n) is 12.6. The topological polar surface area (TPSA) is 126 Å². The van der Waals surface area contributed by atoms with E-state index in [4.69, 9.17) is 11.1 Å². The first-order valence-corrected chi connectivity index (χ1v) is 6.79. The second-order valence-electron chi connectivity index (χ2n) is 4.65. The van der Waals surface area contributed by atoms with Gasteiger partial charge in [-0.15, -0.1) is 13.2 Å². The van der Waals surface area contributed by atoms with Gasteiger partial charge >= 0.3 is 6.36 Å². The Hall–Kier alpha value is -3.37. The van der Waals surface area contributed by atoms with Crippen LogP contribution in [0.25, 0.3) is 0 Å². The van der Waals surface area contributed by atoms with E-state index in [1.807, 2.05) is 0 Å². The first kappa shape index (κ1) is 18.0. The fourth-order valence-electron chi connectivity index (χ4n) is 1.82. The summed E-state index contributed by atoms with van der Waals surface area (Å²) in [6, 6.07) is 4.97. The number of carbonyl (C=O) groups is 1. The monoisotopic (exact) mass is 354 g/mol. The number of hydrogen-bond acceptors (Lipinski definition) is 7. The molecule has 2 aromatic rings. The average Bonchev–Trinajstić information content (AvgIpc) is 2.53. The summed E-state index contributed by atoms with van der Waals surface area (Å²) in [5.74, 6) is -0.536. The summed E-state index contributed by atoms with van der Waals surface area (Å²) in [6.45, 7) is -0.180. The molecule has 0 saturated heterocycles. The van der Waals surface area contributed by atoms with Gasteiger partial charge in [0.25, 0.3) is 0 Å². The third kappa shape index (κ3) is 5.34. The van der Waals surface area contributed by atoms with Crippen LogP contribution >= 0.6 is 0 Å². The fraction of sp³-hybridized carbons (Fsp3) is 0.143. The maximum atomic E-state index is 12.1. The summed E-state index contributed by atoms with van der Waals surface area (Å²) in [7, 11) is 0. The predicted molar refractivity (Wildman–Crippen MR) is 84.0 cm³/mol. The lowest BCUT2D eigenvalue weighted by Gasteiger charge is -2.13. The highest BCUT2D eigenvalue weighted by Crippen LogP contribution is 2.26. The van der Waals surface area contributed by atoms with E-state index < -0.39 is 12.3 Å². The number of primary amides is 1. The van der Waals surface area contributed by atoms with Crippen LogP contribution in [0.3, 0.4) is 0 Å². The Morgan fingerprint density at radius 3 is 2.44 bits per heavy atom. The lowest BCUT2D eigenvalue weighted by Crippen LogP contribution is -2.23. The lowest BCUT2D eigenvalue weighted by atomic mass is 10.2. The summed E-state index contributed by atoms with van der Waals surface area (Å²) in [6.07, 6.45) is -2.61. The van der Waals surface area contributed by atoms with Crippen molar-refractivity contribution in [3.63, 3.8) is 0 Å². The summed E-state index contributed by atoms with van der Waals surface area (Å²) < 4.78 is 40.2. The van der Waals surface area contributed by atoms with Crippen LogP contribution < -0.4 is 21.1 Å². The minimum absolute atomic E-state index is 0.180. The van der Waals surface area contributed by atoms with Crippen molar-refractivity contribution in [3.8, 4) is 5.75 Å². The van der Waals surface area contributed by atoms with E-state index in [0.717, 1.165) is 18.3 Å². The number of benzene rings is 1. The Balaban J connectivity index is 2.18. The molecule has 2 rings (SSSR count).